The zero-order valence-electron chi connectivity index (χ0n) is 23.6. The van der Waals surface area contributed by atoms with E-state index in [4.69, 9.17) is 9.47 Å². The monoisotopic (exact) mass is 621 g/mol. The molecule has 2 aromatic heterocycles. The van der Waals surface area contributed by atoms with Gasteiger partial charge in [0.25, 0.3) is 5.91 Å². The molecular weight excluding hydrogens is 596 g/mol. The molecule has 0 aliphatic carbocycles. The number of ether oxygens (including phenoxy) is 2. The average molecular weight is 622 g/mol. The lowest BCUT2D eigenvalue weighted by Gasteiger charge is -2.39. The molecule has 1 aliphatic heterocycles. The first-order chi connectivity index (χ1) is 20.8. The van der Waals surface area contributed by atoms with Gasteiger partial charge in [0.1, 0.15) is 23.2 Å². The van der Waals surface area contributed by atoms with Crippen molar-refractivity contribution in [3.05, 3.63) is 82.4 Å². The Morgan fingerprint density at radius 2 is 1.75 bits per heavy atom. The molecule has 2 aromatic carbocycles. The van der Waals surface area contributed by atoms with Crippen molar-refractivity contribution < 1.29 is 45.4 Å². The smallest absolute Gasteiger partial charge is 0.433 e. The van der Waals surface area contributed by atoms with Crippen LogP contribution in [-0.2, 0) is 22.3 Å². The average Bonchev–Trinajstić information content (AvgIpc) is 3.41. The number of carbonyl (C=O) groups is 2. The third-order valence-corrected chi connectivity index (χ3v) is 7.41. The maximum Gasteiger partial charge on any atom is 0.433 e. The van der Waals surface area contributed by atoms with Gasteiger partial charge in [0.05, 0.1) is 26.1 Å². The highest BCUT2D eigenvalue weighted by Gasteiger charge is 2.41. The molecule has 232 valence electrons. The highest BCUT2D eigenvalue weighted by molar-refractivity contribution is 6.02. The SMILES string of the molecule is COC(=O)[C@@H]1CN(Cc2cc(F)cc(F)c2F)CCN1C(=O)c1cnn2c(C(F)(F)F)c(C)c(-c3ccc(OC)cc3)nc12. The molecule has 0 N–H and O–H groups in total. The van der Waals surface area contributed by atoms with Gasteiger partial charge in [-0.25, -0.2) is 27.5 Å². The Kier molecular flexibility index (Phi) is 8.25. The molecule has 5 rings (SSSR count). The van der Waals surface area contributed by atoms with E-state index in [1.54, 1.807) is 12.1 Å². The zero-order valence-corrected chi connectivity index (χ0v) is 23.6. The number of hydrogen-bond donors (Lipinski definition) is 0. The lowest BCUT2D eigenvalue weighted by molar-refractivity contribution is -0.148. The predicted molar refractivity (Wildman–Crippen MR) is 143 cm³/mol. The van der Waals surface area contributed by atoms with Gasteiger partial charge in [0, 0.05) is 48.9 Å². The topological polar surface area (TPSA) is 89.3 Å². The van der Waals surface area contributed by atoms with Gasteiger partial charge in [-0.3, -0.25) is 9.69 Å². The number of esters is 1. The van der Waals surface area contributed by atoms with Gasteiger partial charge in [-0.2, -0.15) is 18.3 Å². The highest BCUT2D eigenvalue weighted by Crippen LogP contribution is 2.37. The van der Waals surface area contributed by atoms with Crippen LogP contribution in [0.5, 0.6) is 5.75 Å². The minimum atomic E-state index is -4.87. The van der Waals surface area contributed by atoms with E-state index in [1.807, 2.05) is 0 Å². The van der Waals surface area contributed by atoms with E-state index in [1.165, 1.54) is 31.1 Å². The van der Waals surface area contributed by atoms with Crippen molar-refractivity contribution in [2.24, 2.45) is 0 Å². The molecule has 1 fully saturated rings. The third-order valence-electron chi connectivity index (χ3n) is 7.41. The molecule has 15 heteroatoms. The normalized spacial score (nSPS) is 15.9. The van der Waals surface area contributed by atoms with E-state index in [0.717, 1.165) is 24.3 Å². The molecule has 1 amide bonds. The van der Waals surface area contributed by atoms with E-state index in [0.29, 0.717) is 21.9 Å². The van der Waals surface area contributed by atoms with Gasteiger partial charge in [0.15, 0.2) is 23.0 Å². The number of methoxy groups -OCH3 is 2. The fraction of sp³-hybridized carbons (Fsp3) is 0.310. The minimum absolute atomic E-state index is 0.0352. The molecule has 0 saturated carbocycles. The number of carbonyl (C=O) groups excluding carboxylic acids is 2. The number of piperazine rings is 1. The van der Waals surface area contributed by atoms with E-state index in [-0.39, 0.29) is 54.2 Å². The van der Waals surface area contributed by atoms with Crippen molar-refractivity contribution in [1.82, 2.24) is 24.4 Å². The van der Waals surface area contributed by atoms with E-state index in [9.17, 15) is 35.9 Å². The van der Waals surface area contributed by atoms with Crippen LogP contribution in [0.25, 0.3) is 16.9 Å². The number of alkyl halides is 3. The van der Waals surface area contributed by atoms with Crippen LogP contribution in [0.15, 0.2) is 42.6 Å². The van der Waals surface area contributed by atoms with Crippen LogP contribution < -0.4 is 4.74 Å². The second-order valence-corrected chi connectivity index (χ2v) is 10.1. The maximum absolute atomic E-state index is 14.3. The van der Waals surface area contributed by atoms with Gasteiger partial charge in [-0.05, 0) is 37.3 Å². The van der Waals surface area contributed by atoms with Gasteiger partial charge < -0.3 is 14.4 Å². The number of nitrogens with zero attached hydrogens (tertiary/aromatic N) is 5. The predicted octanol–water partition coefficient (Wildman–Crippen LogP) is 4.65. The number of amides is 1. The number of hydrogen-bond acceptors (Lipinski definition) is 7. The first-order valence-corrected chi connectivity index (χ1v) is 13.2. The third kappa shape index (κ3) is 5.66. The summed E-state index contributed by atoms with van der Waals surface area (Å²) in [6.45, 7) is 0.629. The number of halogens is 6. The molecule has 0 bridgehead atoms. The minimum Gasteiger partial charge on any atom is -0.497 e. The summed E-state index contributed by atoms with van der Waals surface area (Å²) in [4.78, 5) is 33.6. The molecule has 9 nitrogen and oxygen atoms in total. The summed E-state index contributed by atoms with van der Waals surface area (Å²) in [7, 11) is 2.53. The quantitative estimate of drug-likeness (QED) is 0.176. The Morgan fingerprint density at radius 3 is 2.39 bits per heavy atom. The van der Waals surface area contributed by atoms with Crippen LogP contribution in [0.4, 0.5) is 26.3 Å². The molecule has 1 atom stereocenters. The molecule has 4 aromatic rings. The first-order valence-electron chi connectivity index (χ1n) is 13.2. The van der Waals surface area contributed by atoms with Crippen molar-refractivity contribution in [1.29, 1.82) is 0 Å². The van der Waals surface area contributed by atoms with Gasteiger partial charge in [-0.1, -0.05) is 0 Å². The summed E-state index contributed by atoms with van der Waals surface area (Å²) in [5, 5.41) is 3.84. The van der Waals surface area contributed by atoms with Crippen LogP contribution >= 0.6 is 0 Å². The van der Waals surface area contributed by atoms with Crippen LogP contribution in [0.1, 0.15) is 27.2 Å². The molecule has 3 heterocycles. The number of aromatic nitrogens is 3. The summed E-state index contributed by atoms with van der Waals surface area (Å²) < 4.78 is 95.3. The van der Waals surface area contributed by atoms with Gasteiger partial charge >= 0.3 is 12.1 Å². The summed E-state index contributed by atoms with van der Waals surface area (Å²) in [5.41, 5.74) is -2.05. The van der Waals surface area contributed by atoms with Crippen molar-refractivity contribution in [3.63, 3.8) is 0 Å². The van der Waals surface area contributed by atoms with Crippen molar-refractivity contribution >= 4 is 17.5 Å². The number of benzene rings is 2. The molecule has 0 unspecified atom stereocenters. The zero-order chi connectivity index (χ0) is 31.9. The second kappa shape index (κ2) is 11.8. The van der Waals surface area contributed by atoms with Crippen molar-refractivity contribution in [2.75, 3.05) is 33.9 Å². The largest absolute Gasteiger partial charge is 0.497 e. The Balaban J connectivity index is 1.53. The molecule has 44 heavy (non-hydrogen) atoms. The van der Waals surface area contributed by atoms with Crippen LogP contribution in [0.3, 0.4) is 0 Å². The molecular formula is C29H25F6N5O4. The van der Waals surface area contributed by atoms with E-state index >= 15 is 0 Å². The van der Waals surface area contributed by atoms with Crippen molar-refractivity contribution in [3.8, 4) is 17.0 Å². The van der Waals surface area contributed by atoms with Crippen LogP contribution in [0.2, 0.25) is 0 Å². The maximum atomic E-state index is 14.3. The number of rotatable bonds is 6. The lowest BCUT2D eigenvalue weighted by Crippen LogP contribution is -2.58. The summed E-state index contributed by atoms with van der Waals surface area (Å²) >= 11 is 0. The standard InChI is InChI=1S/C29H25F6N5O4/c1-15-24(16-4-6-19(43-2)7-5-16)37-26-20(12-36-40(26)25(15)29(33,34)35)27(41)39-9-8-38(14-22(39)28(42)44-3)13-17-10-18(30)11-21(31)23(17)32/h4-7,10-12,22H,8-9,13-14H2,1-3H3/t22-/m0/s1. The summed E-state index contributed by atoms with van der Waals surface area (Å²) in [5.74, 6) is -4.84. The van der Waals surface area contributed by atoms with E-state index < -0.39 is 47.2 Å². The second-order valence-electron chi connectivity index (χ2n) is 10.1. The van der Waals surface area contributed by atoms with Gasteiger partial charge in [0.2, 0.25) is 0 Å². The molecule has 0 radical (unpaired) electrons. The Hall–Kier alpha value is -4.66. The fourth-order valence-corrected chi connectivity index (χ4v) is 5.27. The Morgan fingerprint density at radius 1 is 1.05 bits per heavy atom. The Labute approximate surface area is 246 Å². The summed E-state index contributed by atoms with van der Waals surface area (Å²) in [6.07, 6.45) is -3.92. The summed E-state index contributed by atoms with van der Waals surface area (Å²) in [6, 6.07) is 6.12. The fourth-order valence-electron chi connectivity index (χ4n) is 5.27. The first kappa shape index (κ1) is 30.8. The van der Waals surface area contributed by atoms with Crippen LogP contribution in [0, 0.1) is 24.4 Å². The van der Waals surface area contributed by atoms with Gasteiger partial charge in [-0.15, -0.1) is 0 Å². The number of fused-ring (bicyclic) bond motifs is 1. The highest BCUT2D eigenvalue weighted by atomic mass is 19.4. The molecule has 1 aliphatic rings. The Bertz CT molecular complexity index is 1740. The van der Waals surface area contributed by atoms with E-state index in [2.05, 4.69) is 10.1 Å². The lowest BCUT2D eigenvalue weighted by atomic mass is 10.0. The van der Waals surface area contributed by atoms with Crippen molar-refractivity contribution in [2.45, 2.75) is 25.7 Å². The molecule has 0 spiro atoms. The molecule has 1 saturated heterocycles. The van der Waals surface area contributed by atoms with Crippen LogP contribution in [-0.4, -0.2) is 76.2 Å².